The molecule has 1 saturated carbocycles. The van der Waals surface area contributed by atoms with Crippen molar-refractivity contribution in [3.63, 3.8) is 0 Å². The molecule has 1 aromatic rings. The predicted molar refractivity (Wildman–Crippen MR) is 152 cm³/mol. The highest BCUT2D eigenvalue weighted by molar-refractivity contribution is 5.67. The molecule has 0 saturated heterocycles. The Balaban J connectivity index is 1.24. The van der Waals surface area contributed by atoms with Crippen LogP contribution >= 0.6 is 0 Å². The van der Waals surface area contributed by atoms with E-state index in [-0.39, 0.29) is 0 Å². The fraction of sp³-hybridized carbons (Fsp3) is 0.765. The predicted octanol–water partition coefficient (Wildman–Crippen LogP) is 12.3. The molecule has 0 amide bonds. The molecular weight excluding hydrogens is 484 g/mol. The number of benzene rings is 1. The molecule has 0 nitrogen and oxygen atoms in total. The van der Waals surface area contributed by atoms with Crippen molar-refractivity contribution in [1.29, 1.82) is 0 Å². The number of rotatable bonds is 16. The first-order chi connectivity index (χ1) is 18.4. The molecule has 216 valence electrons. The van der Waals surface area contributed by atoms with E-state index in [1.165, 1.54) is 122 Å². The lowest BCUT2D eigenvalue weighted by molar-refractivity contribution is -0.140. The lowest BCUT2D eigenvalue weighted by Crippen LogP contribution is -2.23. The SMILES string of the molecule is CCCCCCCCCCCCCCCC1CCC(C2CC=C(c3ccc(F)c(C(F)(F)F)c3)CC2)CC1. The smallest absolute Gasteiger partial charge is 0.206 e. The van der Waals surface area contributed by atoms with Gasteiger partial charge in [0.15, 0.2) is 0 Å². The van der Waals surface area contributed by atoms with Crippen molar-refractivity contribution >= 4 is 5.57 Å². The van der Waals surface area contributed by atoms with E-state index in [1.54, 1.807) is 0 Å². The molecule has 1 unspecified atom stereocenters. The van der Waals surface area contributed by atoms with Crippen LogP contribution in [0.2, 0.25) is 0 Å². The van der Waals surface area contributed by atoms with Gasteiger partial charge in [-0.25, -0.2) is 4.39 Å². The Bertz CT molecular complexity index is 816. The fourth-order valence-corrected chi connectivity index (χ4v) is 6.89. The lowest BCUT2D eigenvalue weighted by atomic mass is 9.70. The molecule has 1 fully saturated rings. The van der Waals surface area contributed by atoms with Crippen molar-refractivity contribution in [3.05, 3.63) is 41.2 Å². The number of unbranched alkanes of at least 4 members (excludes halogenated alkanes) is 12. The van der Waals surface area contributed by atoms with E-state index < -0.39 is 17.6 Å². The third-order valence-corrected chi connectivity index (χ3v) is 9.37. The van der Waals surface area contributed by atoms with Crippen molar-refractivity contribution < 1.29 is 17.6 Å². The molecule has 1 aromatic carbocycles. The van der Waals surface area contributed by atoms with Crippen LogP contribution in [0.5, 0.6) is 0 Å². The maximum Gasteiger partial charge on any atom is 0.419 e. The molecule has 0 radical (unpaired) electrons. The van der Waals surface area contributed by atoms with Gasteiger partial charge in [-0.1, -0.05) is 122 Å². The zero-order valence-corrected chi connectivity index (χ0v) is 23.9. The van der Waals surface area contributed by atoms with Crippen molar-refractivity contribution in [3.8, 4) is 0 Å². The van der Waals surface area contributed by atoms with E-state index in [0.717, 1.165) is 48.8 Å². The van der Waals surface area contributed by atoms with Crippen LogP contribution in [-0.2, 0) is 6.18 Å². The molecule has 2 aliphatic carbocycles. The van der Waals surface area contributed by atoms with E-state index in [4.69, 9.17) is 0 Å². The Labute approximate surface area is 230 Å². The van der Waals surface area contributed by atoms with Crippen LogP contribution in [0, 0.1) is 23.6 Å². The van der Waals surface area contributed by atoms with E-state index >= 15 is 0 Å². The van der Waals surface area contributed by atoms with Gasteiger partial charge in [0.1, 0.15) is 5.82 Å². The fourth-order valence-electron chi connectivity index (χ4n) is 6.89. The van der Waals surface area contributed by atoms with Crippen LogP contribution in [0.25, 0.3) is 5.57 Å². The minimum absolute atomic E-state index is 0.527. The normalized spacial score (nSPS) is 22.4. The third kappa shape index (κ3) is 10.7. The highest BCUT2D eigenvalue weighted by Crippen LogP contribution is 2.43. The highest BCUT2D eigenvalue weighted by Gasteiger charge is 2.35. The summed E-state index contributed by atoms with van der Waals surface area (Å²) in [6, 6.07) is 3.45. The van der Waals surface area contributed by atoms with Gasteiger partial charge in [0.05, 0.1) is 5.56 Å². The minimum atomic E-state index is -4.65. The summed E-state index contributed by atoms with van der Waals surface area (Å²) in [6.45, 7) is 2.28. The van der Waals surface area contributed by atoms with Gasteiger partial charge in [-0.05, 0) is 73.1 Å². The molecule has 0 bridgehead atoms. The number of allylic oxidation sites excluding steroid dienone is 2. The van der Waals surface area contributed by atoms with Gasteiger partial charge >= 0.3 is 6.18 Å². The standard InChI is InChI=1S/C34H52F4/c1-2-3-4-5-6-7-8-9-10-11-12-13-14-15-27-16-18-28(19-17-27)29-20-22-30(23-21-29)31-24-25-33(35)32(26-31)34(36,37)38/h22,24-29H,2-21,23H2,1H3. The van der Waals surface area contributed by atoms with Crippen LogP contribution in [-0.4, -0.2) is 0 Å². The van der Waals surface area contributed by atoms with Crippen molar-refractivity contribution in [2.45, 2.75) is 148 Å². The second-order valence-corrected chi connectivity index (χ2v) is 12.3. The summed E-state index contributed by atoms with van der Waals surface area (Å²) in [5, 5.41) is 0. The van der Waals surface area contributed by atoms with E-state index in [2.05, 4.69) is 13.0 Å². The van der Waals surface area contributed by atoms with Crippen LogP contribution in [0.15, 0.2) is 24.3 Å². The second-order valence-electron chi connectivity index (χ2n) is 12.3. The molecule has 38 heavy (non-hydrogen) atoms. The van der Waals surface area contributed by atoms with Gasteiger partial charge in [-0.2, -0.15) is 13.2 Å². The number of halogens is 4. The van der Waals surface area contributed by atoms with Crippen LogP contribution in [0.3, 0.4) is 0 Å². The molecule has 0 spiro atoms. The average molecular weight is 537 g/mol. The quantitative estimate of drug-likeness (QED) is 0.146. The lowest BCUT2D eigenvalue weighted by Gasteiger charge is -2.35. The first-order valence-electron chi connectivity index (χ1n) is 15.9. The van der Waals surface area contributed by atoms with Crippen molar-refractivity contribution in [1.82, 2.24) is 0 Å². The zero-order valence-electron chi connectivity index (χ0n) is 23.9. The van der Waals surface area contributed by atoms with Gasteiger partial charge in [0.25, 0.3) is 0 Å². The van der Waals surface area contributed by atoms with Gasteiger partial charge in [-0.15, -0.1) is 0 Å². The minimum Gasteiger partial charge on any atom is -0.206 e. The molecule has 0 N–H and O–H groups in total. The molecule has 4 heteroatoms. The Kier molecular flexibility index (Phi) is 13.7. The van der Waals surface area contributed by atoms with Crippen molar-refractivity contribution in [2.75, 3.05) is 0 Å². The molecule has 1 atom stereocenters. The van der Waals surface area contributed by atoms with Gasteiger partial charge in [-0.3, -0.25) is 0 Å². The summed E-state index contributed by atoms with van der Waals surface area (Å²) in [7, 11) is 0. The second kappa shape index (κ2) is 16.7. The largest absolute Gasteiger partial charge is 0.419 e. The summed E-state index contributed by atoms with van der Waals surface area (Å²) < 4.78 is 52.9. The van der Waals surface area contributed by atoms with Crippen LogP contribution < -0.4 is 0 Å². The summed E-state index contributed by atoms with van der Waals surface area (Å²) in [6.07, 6.45) is 25.3. The van der Waals surface area contributed by atoms with E-state index in [0.29, 0.717) is 11.5 Å². The molecule has 2 aliphatic rings. The molecule has 0 aromatic heterocycles. The molecule has 0 heterocycles. The first kappa shape index (κ1) is 31.2. The summed E-state index contributed by atoms with van der Waals surface area (Å²) in [5.74, 6) is 1.12. The first-order valence-corrected chi connectivity index (χ1v) is 15.9. The summed E-state index contributed by atoms with van der Waals surface area (Å²) in [4.78, 5) is 0. The molecule has 0 aliphatic heterocycles. The summed E-state index contributed by atoms with van der Waals surface area (Å²) in [5.41, 5.74) is 0.321. The number of alkyl halides is 3. The topological polar surface area (TPSA) is 0 Å². The van der Waals surface area contributed by atoms with Gasteiger partial charge < -0.3 is 0 Å². The van der Waals surface area contributed by atoms with Crippen LogP contribution in [0.1, 0.15) is 153 Å². The Morgan fingerprint density at radius 2 is 1.29 bits per heavy atom. The van der Waals surface area contributed by atoms with E-state index in [9.17, 15) is 17.6 Å². The molecular formula is C34H52F4. The Hall–Kier alpha value is -1.32. The third-order valence-electron chi connectivity index (χ3n) is 9.37. The number of hydrogen-bond donors (Lipinski definition) is 0. The molecule has 3 rings (SSSR count). The van der Waals surface area contributed by atoms with Crippen LogP contribution in [0.4, 0.5) is 17.6 Å². The number of hydrogen-bond acceptors (Lipinski definition) is 0. The maximum atomic E-state index is 13.7. The van der Waals surface area contributed by atoms with E-state index in [1.807, 2.05) is 0 Å². The Morgan fingerprint density at radius 1 is 0.711 bits per heavy atom. The average Bonchev–Trinajstić information content (AvgIpc) is 2.91. The monoisotopic (exact) mass is 536 g/mol. The van der Waals surface area contributed by atoms with Gasteiger partial charge in [0, 0.05) is 0 Å². The van der Waals surface area contributed by atoms with Gasteiger partial charge in [0.2, 0.25) is 0 Å². The zero-order chi connectivity index (χ0) is 27.2. The van der Waals surface area contributed by atoms with Crippen molar-refractivity contribution in [2.24, 2.45) is 17.8 Å². The Morgan fingerprint density at radius 3 is 1.82 bits per heavy atom. The maximum absolute atomic E-state index is 13.7. The summed E-state index contributed by atoms with van der Waals surface area (Å²) >= 11 is 0. The highest BCUT2D eigenvalue weighted by atomic mass is 19.4.